The molecule has 6 aliphatic rings. The zero-order valence-electron chi connectivity index (χ0n) is 59.6. The Morgan fingerprint density at radius 1 is 0.556 bits per heavy atom. The van der Waals surface area contributed by atoms with Gasteiger partial charge < -0.3 is 103 Å². The summed E-state index contributed by atoms with van der Waals surface area (Å²) in [5.74, 6) is -1.35. The van der Waals surface area contributed by atoms with Crippen molar-refractivity contribution < 1.29 is 141 Å². The molecule has 0 aliphatic carbocycles. The van der Waals surface area contributed by atoms with E-state index in [0.29, 0.717) is 48.1 Å². The molecule has 10 rings (SSSR count). The summed E-state index contributed by atoms with van der Waals surface area (Å²) in [6.45, 7) is 4.59. The van der Waals surface area contributed by atoms with E-state index < -0.39 is 123 Å². The van der Waals surface area contributed by atoms with Gasteiger partial charge in [-0.05, 0) is 124 Å². The highest BCUT2D eigenvalue weighted by Crippen LogP contribution is 2.44. The van der Waals surface area contributed by atoms with Crippen molar-refractivity contribution in [3.8, 4) is 28.7 Å². The number of ether oxygens (including phenoxy) is 11. The van der Waals surface area contributed by atoms with E-state index >= 15 is 0 Å². The number of fused-ring (bicyclic) bond motifs is 4. The molecule has 108 heavy (non-hydrogen) atoms. The van der Waals surface area contributed by atoms with Crippen molar-refractivity contribution in [2.75, 3.05) is 76.8 Å². The van der Waals surface area contributed by atoms with E-state index in [0.717, 1.165) is 20.9 Å². The molecule has 0 spiro atoms. The van der Waals surface area contributed by atoms with Gasteiger partial charge in [0.1, 0.15) is 67.1 Å². The summed E-state index contributed by atoms with van der Waals surface area (Å²) in [5.41, 5.74) is 11.3. The van der Waals surface area contributed by atoms with Crippen LogP contribution >= 0.6 is 0 Å². The first kappa shape index (κ1) is 83.4. The molecule has 2 fully saturated rings. The first-order chi connectivity index (χ1) is 51.8. The number of hydrogen-bond acceptors (Lipinski definition) is 30. The Hall–Kier alpha value is -10.2. The third kappa shape index (κ3) is 20.3. The SMILES string of the molecule is COCCCC(=O)c1cc(COC(=O)N2c3cc(OCCCCCOc4cc5c(cc4C)C(=O)N4C=C(C)C[C@H]4C(O)N5C(=O)OCc4ccc(O[C@@H]5OC[C@@H](O)[C@H](O)[C@H]5O)c(C(=O)CCCOCCN=[N+]=[N-])c4)c(OC)cc3C(=O)N3C=C(C)C[C@H]3C2O)ccc1O[C@@H]1OC[C@@H](O)[C@H](O)[C@H]1O.O=C=O.O=C=O. The van der Waals surface area contributed by atoms with Gasteiger partial charge in [0.15, 0.2) is 35.5 Å². The average molecular weight is 1510 g/mol. The summed E-state index contributed by atoms with van der Waals surface area (Å²) in [4.78, 5) is 125. The molecule has 2 unspecified atom stereocenters. The van der Waals surface area contributed by atoms with Gasteiger partial charge in [-0.3, -0.25) is 19.2 Å². The normalized spacial score (nSPS) is 23.2. The number of aliphatic hydroxyl groups is 8. The molecule has 36 heteroatoms. The van der Waals surface area contributed by atoms with Gasteiger partial charge in [-0.2, -0.15) is 19.2 Å². The molecule has 4 aromatic carbocycles. The highest BCUT2D eigenvalue weighted by molar-refractivity contribution is 6.08. The highest BCUT2D eigenvalue weighted by atomic mass is 16.7. The van der Waals surface area contributed by atoms with E-state index in [4.69, 9.17) is 76.8 Å². The minimum atomic E-state index is -1.69. The Balaban J connectivity index is 0.00000237. The Kier molecular flexibility index (Phi) is 30.6. The molecule has 582 valence electrons. The second-order valence-corrected chi connectivity index (χ2v) is 25.7. The van der Waals surface area contributed by atoms with E-state index in [1.54, 1.807) is 39.2 Å². The van der Waals surface area contributed by atoms with Gasteiger partial charge in [0.05, 0.1) is 85.9 Å². The molecular formula is C72H85N7O29. The molecule has 2 saturated heterocycles. The van der Waals surface area contributed by atoms with E-state index in [2.05, 4.69) is 10.0 Å². The van der Waals surface area contributed by atoms with E-state index in [9.17, 15) is 69.6 Å². The number of aryl methyl sites for hydroxylation is 1. The summed E-state index contributed by atoms with van der Waals surface area (Å²) < 4.78 is 63.3. The summed E-state index contributed by atoms with van der Waals surface area (Å²) in [6, 6.07) is 12.7. The molecule has 0 radical (unpaired) electrons. The highest BCUT2D eigenvalue weighted by Gasteiger charge is 2.48. The lowest BCUT2D eigenvalue weighted by molar-refractivity contribution is -0.242. The zero-order valence-corrected chi connectivity index (χ0v) is 59.6. The van der Waals surface area contributed by atoms with E-state index in [1.807, 2.05) is 0 Å². The van der Waals surface area contributed by atoms with Crippen molar-refractivity contribution in [2.24, 2.45) is 5.11 Å². The Morgan fingerprint density at radius 3 is 1.47 bits per heavy atom. The Bertz CT molecular complexity index is 4050. The maximum Gasteiger partial charge on any atom is 0.416 e. The number of rotatable bonds is 30. The number of anilines is 2. The number of nitrogens with zero attached hydrogens (tertiary/aromatic N) is 7. The van der Waals surface area contributed by atoms with Crippen molar-refractivity contribution in [2.45, 2.75) is 166 Å². The summed E-state index contributed by atoms with van der Waals surface area (Å²) in [7, 11) is 2.88. The van der Waals surface area contributed by atoms with Crippen LogP contribution < -0.4 is 33.5 Å². The number of hydrogen-bond donors (Lipinski definition) is 8. The largest absolute Gasteiger partial charge is 0.493 e. The molecule has 4 amide bonds. The predicted octanol–water partition coefficient (Wildman–Crippen LogP) is 4.19. The van der Waals surface area contributed by atoms with Crippen LogP contribution in [-0.2, 0) is 60.8 Å². The second kappa shape index (κ2) is 39.6. The summed E-state index contributed by atoms with van der Waals surface area (Å²) >= 11 is 0. The molecule has 4 aromatic rings. The van der Waals surface area contributed by atoms with Gasteiger partial charge in [-0.25, -0.2) is 19.4 Å². The standard InChI is InChI=1S/C70H85N7O25.2CO2/c1-37-23-48-65(88)76(69(90)99-33-41-14-16-55(102-68-62(85)60(83)53(81)36-98-68)45(27-41)51(79)12-10-19-94-22-17-72-73-71)46-29-56(39(3)25-42(46)63(86)74(48)31-37)95-20-7-6-8-21-96-58-30-47-43(28-57(58)93-5)64(87)75-32-38(2)24-49(75)66(89)77(47)70(91)100-34-40-13-15-54(44(26-40)50(78)11-9-18-92-4)101-67-61(84)59(82)52(80)35-97-67;2*2-1-3/h13-16,25-32,48-49,52-53,59-62,65-68,80-85,88-89H,6-12,17-24,33-36H2,1-5H3;;/t48-,49-,52+,53+,59-,60-,61+,62+,65?,66?,67-,68-;;/m0../s1. The van der Waals surface area contributed by atoms with Crippen molar-refractivity contribution in [1.29, 1.82) is 0 Å². The number of aliphatic hydroxyl groups excluding tert-OH is 8. The molecule has 12 atom stereocenters. The van der Waals surface area contributed by atoms with Crippen molar-refractivity contribution in [1.82, 2.24) is 9.80 Å². The third-order valence-electron chi connectivity index (χ3n) is 18.1. The van der Waals surface area contributed by atoms with Crippen LogP contribution in [0.4, 0.5) is 21.0 Å². The van der Waals surface area contributed by atoms with Crippen molar-refractivity contribution >= 4 is 59.2 Å². The third-order valence-corrected chi connectivity index (χ3v) is 18.1. The van der Waals surface area contributed by atoms with Crippen LogP contribution in [0.3, 0.4) is 0 Å². The first-order valence-electron chi connectivity index (χ1n) is 34.3. The Morgan fingerprint density at radius 2 is 1.01 bits per heavy atom. The number of Topliss-reactive ketones (excluding diaryl/α,β-unsaturated/α-hetero) is 2. The van der Waals surface area contributed by atoms with E-state index in [1.165, 1.54) is 78.6 Å². The van der Waals surface area contributed by atoms with Crippen LogP contribution in [0.2, 0.25) is 0 Å². The molecular weight excluding hydrogens is 1430 g/mol. The number of carbonyl (C=O) groups excluding carboxylic acids is 10. The molecule has 8 N–H and O–H groups in total. The predicted molar refractivity (Wildman–Crippen MR) is 367 cm³/mol. The number of azide groups is 1. The number of amides is 4. The quantitative estimate of drug-likeness (QED) is 0.0119. The topological polar surface area (TPSA) is 496 Å². The summed E-state index contributed by atoms with van der Waals surface area (Å²) in [6.07, 6.45) is -11.4. The maximum atomic E-state index is 14.5. The molecule has 0 saturated carbocycles. The minimum Gasteiger partial charge on any atom is -0.493 e. The molecule has 0 bridgehead atoms. The number of benzene rings is 4. The maximum absolute atomic E-state index is 14.5. The zero-order chi connectivity index (χ0) is 78.5. The molecule has 6 heterocycles. The average Bonchev–Trinajstić information content (AvgIpc) is 1.60. The van der Waals surface area contributed by atoms with Gasteiger partial charge >= 0.3 is 24.5 Å². The lowest BCUT2D eigenvalue weighted by Gasteiger charge is -2.35. The fraction of sp³-hybridized carbons (Fsp3) is 0.500. The monoisotopic (exact) mass is 1510 g/mol. The Labute approximate surface area is 617 Å². The van der Waals surface area contributed by atoms with Gasteiger partial charge in [0.2, 0.25) is 12.6 Å². The molecule has 0 aromatic heterocycles. The van der Waals surface area contributed by atoms with Gasteiger partial charge in [-0.15, -0.1) is 0 Å². The fourth-order valence-electron chi connectivity index (χ4n) is 12.7. The van der Waals surface area contributed by atoms with Crippen LogP contribution in [0.1, 0.15) is 130 Å². The van der Waals surface area contributed by atoms with Crippen LogP contribution in [0.15, 0.2) is 89.3 Å². The van der Waals surface area contributed by atoms with Gasteiger partial charge in [0.25, 0.3) is 11.8 Å². The van der Waals surface area contributed by atoms with Crippen LogP contribution in [0, 0.1) is 6.92 Å². The molecule has 36 nitrogen and oxygen atoms in total. The van der Waals surface area contributed by atoms with Crippen molar-refractivity contribution in [3.63, 3.8) is 0 Å². The number of unbranched alkanes of at least 4 members (excludes halogenated alkanes) is 2. The second-order valence-electron chi connectivity index (χ2n) is 25.7. The number of methoxy groups -OCH3 is 2. The lowest BCUT2D eigenvalue weighted by Crippen LogP contribution is -2.54. The lowest BCUT2D eigenvalue weighted by atomic mass is 10.0. The van der Waals surface area contributed by atoms with Gasteiger partial charge in [-0.1, -0.05) is 28.4 Å². The van der Waals surface area contributed by atoms with Gasteiger partial charge in [0, 0.05) is 69.2 Å². The van der Waals surface area contributed by atoms with E-state index in [-0.39, 0.29) is 154 Å². The van der Waals surface area contributed by atoms with Crippen LogP contribution in [-0.4, -0.2) is 239 Å². The minimum absolute atomic E-state index is 0.00181. The fourth-order valence-corrected chi connectivity index (χ4v) is 12.7. The van der Waals surface area contributed by atoms with Crippen LogP contribution in [0.25, 0.3) is 10.4 Å². The van der Waals surface area contributed by atoms with Crippen LogP contribution in [0.5, 0.6) is 28.7 Å². The smallest absolute Gasteiger partial charge is 0.416 e. The summed E-state index contributed by atoms with van der Waals surface area (Å²) in [5, 5.41) is 89.5. The number of ketones is 2. The first-order valence-corrected chi connectivity index (χ1v) is 34.3. The molecule has 6 aliphatic heterocycles. The van der Waals surface area contributed by atoms with Crippen molar-refractivity contribution in [3.05, 3.63) is 134 Å². The number of carbonyl (C=O) groups is 6.